The Morgan fingerprint density at radius 2 is 1.74 bits per heavy atom. The van der Waals surface area contributed by atoms with Crippen LogP contribution in [0.15, 0.2) is 58.3 Å². The topological polar surface area (TPSA) is 79.0 Å². The van der Waals surface area contributed by atoms with Crippen LogP contribution in [0.3, 0.4) is 0 Å². The molecule has 0 atom stereocenters. The zero-order valence-corrected chi connectivity index (χ0v) is 19.5. The predicted molar refractivity (Wildman–Crippen MR) is 124 cm³/mol. The summed E-state index contributed by atoms with van der Waals surface area (Å²) >= 11 is 1.54. The van der Waals surface area contributed by atoms with Crippen molar-refractivity contribution in [1.29, 1.82) is 0 Å². The number of anilines is 1. The molecule has 0 unspecified atom stereocenters. The van der Waals surface area contributed by atoms with Crippen LogP contribution in [0.4, 0.5) is 5.69 Å². The van der Waals surface area contributed by atoms with Crippen LogP contribution >= 0.6 is 11.8 Å². The first-order chi connectivity index (χ1) is 14.9. The molecule has 0 saturated carbocycles. The number of carbonyl (C=O) groups is 1. The van der Waals surface area contributed by atoms with Crippen LogP contribution in [0.2, 0.25) is 0 Å². The first kappa shape index (κ1) is 23.6. The molecule has 31 heavy (non-hydrogen) atoms. The third-order valence-corrected chi connectivity index (χ3v) is 7.64. The molecule has 1 N–H and O–H groups in total. The Morgan fingerprint density at radius 3 is 2.35 bits per heavy atom. The number of rotatable bonds is 9. The summed E-state index contributed by atoms with van der Waals surface area (Å²) < 4.78 is 33.3. The summed E-state index contributed by atoms with van der Waals surface area (Å²) in [5, 5.41) is 2.85. The smallest absolute Gasteiger partial charge is 0.264 e. The van der Waals surface area contributed by atoms with Crippen LogP contribution in [0, 0.1) is 6.92 Å². The molecular formula is C22H29N3O4S2. The van der Waals surface area contributed by atoms with Gasteiger partial charge in [0, 0.05) is 31.1 Å². The van der Waals surface area contributed by atoms with Gasteiger partial charge in [-0.25, -0.2) is 8.42 Å². The summed E-state index contributed by atoms with van der Waals surface area (Å²) in [6.45, 7) is 5.90. The number of carbonyl (C=O) groups excluding carboxylic acids is 1. The highest BCUT2D eigenvalue weighted by atomic mass is 32.2. The van der Waals surface area contributed by atoms with E-state index in [1.807, 2.05) is 25.3 Å². The van der Waals surface area contributed by atoms with Gasteiger partial charge in [-0.2, -0.15) is 0 Å². The lowest BCUT2D eigenvalue weighted by atomic mass is 10.2. The summed E-state index contributed by atoms with van der Waals surface area (Å²) in [4.78, 5) is 16.0. The molecule has 1 fully saturated rings. The fourth-order valence-electron chi connectivity index (χ4n) is 3.27. The first-order valence-corrected chi connectivity index (χ1v) is 12.9. The van der Waals surface area contributed by atoms with Gasteiger partial charge in [0.05, 0.1) is 23.8 Å². The van der Waals surface area contributed by atoms with Gasteiger partial charge in [0.2, 0.25) is 5.91 Å². The van der Waals surface area contributed by atoms with Crippen molar-refractivity contribution in [2.24, 2.45) is 0 Å². The molecule has 0 bridgehead atoms. The van der Waals surface area contributed by atoms with Crippen molar-refractivity contribution in [3.63, 3.8) is 0 Å². The summed E-state index contributed by atoms with van der Waals surface area (Å²) in [5.74, 6) is -0.335. The lowest BCUT2D eigenvalue weighted by Crippen LogP contribution is -2.44. The van der Waals surface area contributed by atoms with Crippen LogP contribution in [-0.2, 0) is 19.6 Å². The molecule has 3 rings (SSSR count). The second-order valence-corrected chi connectivity index (χ2v) is 10.1. The van der Waals surface area contributed by atoms with Gasteiger partial charge in [0.25, 0.3) is 10.0 Å². The Labute approximate surface area is 188 Å². The first-order valence-electron chi connectivity index (χ1n) is 10.2. The van der Waals surface area contributed by atoms with Crippen molar-refractivity contribution < 1.29 is 17.9 Å². The van der Waals surface area contributed by atoms with Crippen molar-refractivity contribution in [1.82, 2.24) is 10.2 Å². The van der Waals surface area contributed by atoms with E-state index >= 15 is 0 Å². The molecule has 7 nitrogen and oxygen atoms in total. The molecule has 0 aliphatic carbocycles. The monoisotopic (exact) mass is 463 g/mol. The van der Waals surface area contributed by atoms with Gasteiger partial charge in [-0.15, -0.1) is 11.8 Å². The molecule has 168 valence electrons. The van der Waals surface area contributed by atoms with Gasteiger partial charge >= 0.3 is 0 Å². The normalized spacial score (nSPS) is 14.9. The predicted octanol–water partition coefficient (Wildman–Crippen LogP) is 2.36. The number of thioether (sulfide) groups is 1. The lowest BCUT2D eigenvalue weighted by Gasteiger charge is -2.27. The van der Waals surface area contributed by atoms with Crippen molar-refractivity contribution in [3.05, 3.63) is 54.1 Å². The Bertz CT molecular complexity index is 957. The van der Waals surface area contributed by atoms with Crippen LogP contribution in [0.5, 0.6) is 0 Å². The number of nitrogens with one attached hydrogen (secondary N) is 1. The maximum atomic E-state index is 13.4. The largest absolute Gasteiger partial charge is 0.379 e. The zero-order valence-electron chi connectivity index (χ0n) is 17.9. The molecule has 1 aliphatic heterocycles. The van der Waals surface area contributed by atoms with E-state index in [-0.39, 0.29) is 17.3 Å². The van der Waals surface area contributed by atoms with E-state index in [0.29, 0.717) is 32.0 Å². The van der Waals surface area contributed by atoms with E-state index in [1.54, 1.807) is 48.2 Å². The minimum absolute atomic E-state index is 0.159. The molecular weight excluding hydrogens is 434 g/mol. The Balaban J connectivity index is 1.74. The molecule has 2 aromatic rings. The van der Waals surface area contributed by atoms with Crippen molar-refractivity contribution >= 4 is 33.4 Å². The highest BCUT2D eigenvalue weighted by Gasteiger charge is 2.27. The van der Waals surface area contributed by atoms with Gasteiger partial charge in [-0.1, -0.05) is 17.7 Å². The zero-order chi connectivity index (χ0) is 22.3. The number of hydrogen-bond donors (Lipinski definition) is 1. The minimum Gasteiger partial charge on any atom is -0.379 e. The van der Waals surface area contributed by atoms with Crippen LogP contribution < -0.4 is 9.62 Å². The average Bonchev–Trinajstić information content (AvgIpc) is 2.79. The second kappa shape index (κ2) is 11.0. The number of ether oxygens (including phenoxy) is 1. The third kappa shape index (κ3) is 6.46. The molecule has 1 heterocycles. The Hall–Kier alpha value is -2.07. The molecule has 0 aromatic heterocycles. The van der Waals surface area contributed by atoms with Crippen molar-refractivity contribution in [2.75, 3.05) is 56.5 Å². The number of aryl methyl sites for hydroxylation is 1. The fourth-order valence-corrected chi connectivity index (χ4v) is 5.09. The third-order valence-electron chi connectivity index (χ3n) is 5.11. The van der Waals surface area contributed by atoms with E-state index in [4.69, 9.17) is 4.74 Å². The van der Waals surface area contributed by atoms with Crippen LogP contribution in [0.1, 0.15) is 5.56 Å². The fraction of sp³-hybridized carbons (Fsp3) is 0.409. The number of nitrogens with zero attached hydrogens (tertiary/aromatic N) is 2. The molecule has 2 aromatic carbocycles. The summed E-state index contributed by atoms with van der Waals surface area (Å²) in [5.41, 5.74) is 1.48. The molecule has 0 radical (unpaired) electrons. The number of amides is 1. The second-order valence-electron chi connectivity index (χ2n) is 7.33. The van der Waals surface area contributed by atoms with Gasteiger partial charge < -0.3 is 10.1 Å². The molecule has 0 spiro atoms. The molecule has 1 amide bonds. The Morgan fingerprint density at radius 1 is 1.10 bits per heavy atom. The van der Waals surface area contributed by atoms with E-state index in [2.05, 4.69) is 10.2 Å². The van der Waals surface area contributed by atoms with Gasteiger partial charge in [-0.3, -0.25) is 14.0 Å². The van der Waals surface area contributed by atoms with Crippen LogP contribution in [0.25, 0.3) is 0 Å². The van der Waals surface area contributed by atoms with Crippen molar-refractivity contribution in [3.8, 4) is 0 Å². The summed E-state index contributed by atoms with van der Waals surface area (Å²) in [7, 11) is -3.90. The maximum Gasteiger partial charge on any atom is 0.264 e. The highest BCUT2D eigenvalue weighted by molar-refractivity contribution is 7.98. The number of sulfonamides is 1. The Kier molecular flexibility index (Phi) is 8.36. The summed E-state index contributed by atoms with van der Waals surface area (Å²) in [6, 6.07) is 13.8. The standard InChI is InChI=1S/C22H29N3O4S2/c1-18-3-5-19(6-4-18)25(31(27,28)21-9-7-20(30-2)8-10-21)17-22(26)23-11-12-24-13-15-29-16-14-24/h3-10H,11-17H2,1-2H3,(H,23,26). The van der Waals surface area contributed by atoms with E-state index in [0.717, 1.165) is 23.5 Å². The summed E-state index contributed by atoms with van der Waals surface area (Å²) in [6.07, 6.45) is 1.93. The van der Waals surface area contributed by atoms with Crippen molar-refractivity contribution in [2.45, 2.75) is 16.7 Å². The minimum atomic E-state index is -3.90. The molecule has 9 heteroatoms. The van der Waals surface area contributed by atoms with Gasteiger partial charge in [-0.05, 0) is 49.6 Å². The van der Waals surface area contributed by atoms with Gasteiger partial charge in [0.15, 0.2) is 0 Å². The number of benzene rings is 2. The maximum absolute atomic E-state index is 13.4. The molecule has 1 saturated heterocycles. The average molecular weight is 464 g/mol. The van der Waals surface area contributed by atoms with E-state index in [1.165, 1.54) is 4.31 Å². The highest BCUT2D eigenvalue weighted by Crippen LogP contribution is 2.25. The lowest BCUT2D eigenvalue weighted by molar-refractivity contribution is -0.119. The quantitative estimate of drug-likeness (QED) is 0.575. The van der Waals surface area contributed by atoms with E-state index in [9.17, 15) is 13.2 Å². The SMILES string of the molecule is CSc1ccc(S(=O)(=O)N(CC(=O)NCCN2CCOCC2)c2ccc(C)cc2)cc1. The number of morpholine rings is 1. The van der Waals surface area contributed by atoms with E-state index < -0.39 is 10.0 Å². The number of hydrogen-bond acceptors (Lipinski definition) is 6. The van der Waals surface area contributed by atoms with Gasteiger partial charge in [0.1, 0.15) is 6.54 Å². The van der Waals surface area contributed by atoms with Crippen LogP contribution in [-0.4, -0.2) is 71.4 Å². The molecule has 1 aliphatic rings.